The molecule has 2 saturated heterocycles. The van der Waals surface area contributed by atoms with Crippen LogP contribution in [0.4, 0.5) is 0 Å². The van der Waals surface area contributed by atoms with Gasteiger partial charge >= 0.3 is 0 Å². The molecule has 2 nitrogen and oxygen atoms in total. The van der Waals surface area contributed by atoms with Crippen molar-refractivity contribution >= 4 is 0 Å². The zero-order valence-corrected chi connectivity index (χ0v) is 20.5. The Hall–Kier alpha value is -3.20. The van der Waals surface area contributed by atoms with Gasteiger partial charge in [-0.2, -0.15) is 0 Å². The number of epoxide rings is 2. The van der Waals surface area contributed by atoms with Crippen molar-refractivity contribution in [3.8, 4) is 33.4 Å². The second-order valence-corrected chi connectivity index (χ2v) is 10.9. The summed E-state index contributed by atoms with van der Waals surface area (Å²) in [7, 11) is 0. The molecule has 3 aliphatic rings. The van der Waals surface area contributed by atoms with Crippen LogP contribution in [0.15, 0.2) is 84.9 Å². The van der Waals surface area contributed by atoms with Gasteiger partial charge in [-0.3, -0.25) is 0 Å². The maximum Gasteiger partial charge on any atom is 0.109 e. The summed E-state index contributed by atoms with van der Waals surface area (Å²) in [5.74, 6) is 0. The van der Waals surface area contributed by atoms with Crippen LogP contribution in [0.2, 0.25) is 0 Å². The van der Waals surface area contributed by atoms with Crippen LogP contribution in [0.1, 0.15) is 49.1 Å². The molecule has 0 bridgehead atoms. The normalized spacial score (nSPS) is 23.0. The van der Waals surface area contributed by atoms with Crippen molar-refractivity contribution in [2.45, 2.75) is 50.9 Å². The lowest BCUT2D eigenvalue weighted by Crippen LogP contribution is -2.15. The smallest absolute Gasteiger partial charge is 0.109 e. The van der Waals surface area contributed by atoms with Crippen LogP contribution in [0, 0.1) is 0 Å². The molecule has 1 aliphatic carbocycles. The average molecular weight is 459 g/mol. The van der Waals surface area contributed by atoms with Crippen molar-refractivity contribution < 1.29 is 9.47 Å². The highest BCUT2D eigenvalue weighted by Crippen LogP contribution is 2.50. The summed E-state index contributed by atoms with van der Waals surface area (Å²) in [5.41, 5.74) is 13.2. The molecule has 3 unspecified atom stereocenters. The Morgan fingerprint density at radius 3 is 1.69 bits per heavy atom. The predicted octanol–water partition coefficient (Wildman–Crippen LogP) is 7.73. The van der Waals surface area contributed by atoms with Gasteiger partial charge in [0.15, 0.2) is 0 Å². The molecule has 4 aromatic carbocycles. The van der Waals surface area contributed by atoms with E-state index in [1.807, 2.05) is 0 Å². The summed E-state index contributed by atoms with van der Waals surface area (Å²) in [6.07, 6.45) is 2.07. The number of ether oxygens (including phenoxy) is 2. The van der Waals surface area contributed by atoms with Crippen LogP contribution in [0.5, 0.6) is 0 Å². The fourth-order valence-corrected chi connectivity index (χ4v) is 5.78. The first-order valence-electron chi connectivity index (χ1n) is 12.7. The highest BCUT2D eigenvalue weighted by atomic mass is 16.6. The van der Waals surface area contributed by atoms with Crippen LogP contribution in [0.3, 0.4) is 0 Å². The van der Waals surface area contributed by atoms with Gasteiger partial charge in [0.2, 0.25) is 0 Å². The highest BCUT2D eigenvalue weighted by molar-refractivity contribution is 5.85. The van der Waals surface area contributed by atoms with E-state index in [0.717, 1.165) is 13.0 Å². The average Bonchev–Trinajstić information content (AvgIpc) is 3.81. The Labute approximate surface area is 207 Å². The minimum absolute atomic E-state index is 0.0445. The topological polar surface area (TPSA) is 25.1 Å². The molecule has 4 aromatic rings. The van der Waals surface area contributed by atoms with Crippen LogP contribution in [-0.4, -0.2) is 18.8 Å². The van der Waals surface area contributed by atoms with Gasteiger partial charge in [-0.15, -0.1) is 0 Å². The van der Waals surface area contributed by atoms with Gasteiger partial charge in [0.1, 0.15) is 6.10 Å². The third-order valence-electron chi connectivity index (χ3n) is 8.11. The lowest BCUT2D eigenvalue weighted by molar-refractivity contribution is 0.383. The second kappa shape index (κ2) is 7.65. The van der Waals surface area contributed by atoms with E-state index in [4.69, 9.17) is 9.47 Å². The molecule has 174 valence electrons. The molecule has 0 N–H and O–H groups in total. The van der Waals surface area contributed by atoms with Gasteiger partial charge < -0.3 is 9.47 Å². The Morgan fingerprint density at radius 1 is 0.714 bits per heavy atom. The summed E-state index contributed by atoms with van der Waals surface area (Å²) in [4.78, 5) is 0. The summed E-state index contributed by atoms with van der Waals surface area (Å²) >= 11 is 0. The molecule has 0 spiro atoms. The Kier molecular flexibility index (Phi) is 4.61. The highest BCUT2D eigenvalue weighted by Gasteiger charge is 2.37. The SMILES string of the molecule is CC1OC1c1ccc(-c2ccc3c(c2)C(C)(C)c2cc(-c4ccc(CC5CO5)cc4)ccc2-3)cc1. The van der Waals surface area contributed by atoms with Crippen molar-refractivity contribution in [3.05, 3.63) is 107 Å². The van der Waals surface area contributed by atoms with Gasteiger partial charge in [0, 0.05) is 11.8 Å². The molecule has 2 heteroatoms. The third kappa shape index (κ3) is 3.64. The summed E-state index contributed by atoms with van der Waals surface area (Å²) in [5, 5.41) is 0. The van der Waals surface area contributed by atoms with Gasteiger partial charge in [-0.25, -0.2) is 0 Å². The number of fused-ring (bicyclic) bond motifs is 3. The molecule has 0 aromatic heterocycles. The Morgan fingerprint density at radius 2 is 1.20 bits per heavy atom. The minimum Gasteiger partial charge on any atom is -0.373 e. The van der Waals surface area contributed by atoms with Crippen molar-refractivity contribution in [1.82, 2.24) is 0 Å². The molecule has 0 radical (unpaired) electrons. The molecule has 7 rings (SSSR count). The van der Waals surface area contributed by atoms with Crippen molar-refractivity contribution in [2.75, 3.05) is 6.61 Å². The Balaban J connectivity index is 1.20. The summed E-state index contributed by atoms with van der Waals surface area (Å²) in [6, 6.07) is 31.9. The van der Waals surface area contributed by atoms with Gasteiger partial charge in [-0.1, -0.05) is 86.6 Å². The molecular weight excluding hydrogens is 428 g/mol. The van der Waals surface area contributed by atoms with E-state index in [1.165, 1.54) is 55.6 Å². The molecule has 3 atom stereocenters. The number of rotatable bonds is 5. The lowest BCUT2D eigenvalue weighted by atomic mass is 9.81. The molecule has 2 fully saturated rings. The van der Waals surface area contributed by atoms with Crippen LogP contribution in [-0.2, 0) is 21.3 Å². The van der Waals surface area contributed by atoms with E-state index in [9.17, 15) is 0 Å². The van der Waals surface area contributed by atoms with Crippen LogP contribution < -0.4 is 0 Å². The van der Waals surface area contributed by atoms with Gasteiger partial charge in [-0.05, 0) is 74.7 Å². The minimum atomic E-state index is -0.0445. The summed E-state index contributed by atoms with van der Waals surface area (Å²) < 4.78 is 11.0. The monoisotopic (exact) mass is 458 g/mol. The van der Waals surface area contributed by atoms with E-state index >= 15 is 0 Å². The molecule has 2 aliphatic heterocycles. The largest absolute Gasteiger partial charge is 0.373 e. The lowest BCUT2D eigenvalue weighted by Gasteiger charge is -2.22. The predicted molar refractivity (Wildman–Crippen MR) is 142 cm³/mol. The molecular formula is C33H30O2. The first-order valence-corrected chi connectivity index (χ1v) is 12.7. The van der Waals surface area contributed by atoms with Crippen LogP contribution in [0.25, 0.3) is 33.4 Å². The maximum absolute atomic E-state index is 5.63. The van der Waals surface area contributed by atoms with E-state index in [2.05, 4.69) is 106 Å². The van der Waals surface area contributed by atoms with E-state index in [1.54, 1.807) is 0 Å². The zero-order valence-electron chi connectivity index (χ0n) is 20.5. The standard InChI is InChI=1S/C33H30O2/c1-20-32(35-20)24-10-8-23(9-11-24)26-13-15-29-28-14-12-25(17-30(28)33(2,3)31(29)18-26)22-6-4-21(5-7-22)16-27-19-34-27/h4-15,17-18,20,27,32H,16,19H2,1-3H3. The van der Waals surface area contributed by atoms with Gasteiger partial charge in [0.05, 0.1) is 18.8 Å². The second-order valence-electron chi connectivity index (χ2n) is 10.9. The number of benzene rings is 4. The Bertz CT molecular complexity index is 1430. The third-order valence-corrected chi connectivity index (χ3v) is 8.11. The number of hydrogen-bond donors (Lipinski definition) is 0. The van der Waals surface area contributed by atoms with Crippen molar-refractivity contribution in [1.29, 1.82) is 0 Å². The van der Waals surface area contributed by atoms with E-state index in [-0.39, 0.29) is 11.5 Å². The fourth-order valence-electron chi connectivity index (χ4n) is 5.78. The summed E-state index contributed by atoms with van der Waals surface area (Å²) in [6.45, 7) is 7.76. The molecule has 0 amide bonds. The molecule has 0 saturated carbocycles. The molecule has 35 heavy (non-hydrogen) atoms. The quantitative estimate of drug-likeness (QED) is 0.286. The van der Waals surface area contributed by atoms with E-state index < -0.39 is 0 Å². The number of hydrogen-bond acceptors (Lipinski definition) is 2. The first-order chi connectivity index (χ1) is 17.0. The van der Waals surface area contributed by atoms with Crippen molar-refractivity contribution in [3.63, 3.8) is 0 Å². The van der Waals surface area contributed by atoms with Crippen LogP contribution >= 0.6 is 0 Å². The van der Waals surface area contributed by atoms with E-state index in [0.29, 0.717) is 12.2 Å². The molecule has 2 heterocycles. The zero-order chi connectivity index (χ0) is 23.7. The maximum atomic E-state index is 5.63. The van der Waals surface area contributed by atoms with Gasteiger partial charge in [0.25, 0.3) is 0 Å². The van der Waals surface area contributed by atoms with Crippen molar-refractivity contribution in [2.24, 2.45) is 0 Å². The fraction of sp³-hybridized carbons (Fsp3) is 0.273. The first kappa shape index (κ1) is 21.1.